The molecule has 11 heteroatoms. The molecule has 1 unspecified atom stereocenters. The van der Waals surface area contributed by atoms with Gasteiger partial charge in [-0.1, -0.05) is 39.7 Å². The minimum atomic E-state index is -0.486. The summed E-state index contributed by atoms with van der Waals surface area (Å²) in [5.41, 5.74) is 3.52. The molecule has 2 aromatic carbocycles. The van der Waals surface area contributed by atoms with Crippen LogP contribution in [-0.4, -0.2) is 99.3 Å². The number of hydrogen-bond acceptors (Lipinski definition) is 9. The zero-order chi connectivity index (χ0) is 36.0. The Morgan fingerprint density at radius 3 is 2.24 bits per heavy atom. The number of nitrogens with zero attached hydrogens (tertiary/aromatic N) is 3. The van der Waals surface area contributed by atoms with Crippen molar-refractivity contribution in [1.29, 1.82) is 0 Å². The van der Waals surface area contributed by atoms with Gasteiger partial charge in [0.15, 0.2) is 0 Å². The monoisotopic (exact) mass is 680 g/mol. The quantitative estimate of drug-likeness (QED) is 0.113. The lowest BCUT2D eigenvalue weighted by atomic mass is 10.1. The molecule has 4 rings (SSSR count). The summed E-state index contributed by atoms with van der Waals surface area (Å²) in [6.07, 6.45) is 8.69. The number of carbonyl (C=O) groups is 5. The molecule has 3 amide bonds. The van der Waals surface area contributed by atoms with E-state index in [0.717, 1.165) is 93.7 Å². The zero-order valence-corrected chi connectivity index (χ0v) is 30.1. The summed E-state index contributed by atoms with van der Waals surface area (Å²) in [7, 11) is 1.52. The van der Waals surface area contributed by atoms with Crippen molar-refractivity contribution in [3.8, 4) is 5.75 Å². The van der Waals surface area contributed by atoms with Crippen LogP contribution in [-0.2, 0) is 19.1 Å². The van der Waals surface area contributed by atoms with E-state index in [4.69, 9.17) is 9.47 Å². The SMILES string of the molecule is CCC.CCCCOC(=O)c1ccc(OCCCCCN2CCN(c3ccc(C)c(C=O)c3)CC2)cc1.CN(C=O)C1CCC(=O)NC1=O. The highest BCUT2D eigenvalue weighted by Gasteiger charge is 2.29. The number of piperazine rings is 1. The van der Waals surface area contributed by atoms with Crippen LogP contribution in [0.4, 0.5) is 5.69 Å². The lowest BCUT2D eigenvalue weighted by Crippen LogP contribution is -2.50. The van der Waals surface area contributed by atoms with Crippen LogP contribution in [0.25, 0.3) is 0 Å². The number of amides is 3. The predicted octanol–water partition coefficient (Wildman–Crippen LogP) is 5.43. The van der Waals surface area contributed by atoms with Gasteiger partial charge in [0.25, 0.3) is 0 Å². The van der Waals surface area contributed by atoms with Crippen LogP contribution in [0.3, 0.4) is 0 Å². The Bertz CT molecular complexity index is 1310. The molecule has 0 radical (unpaired) electrons. The van der Waals surface area contributed by atoms with Crippen LogP contribution in [0.2, 0.25) is 0 Å². The molecule has 2 aromatic rings. The number of piperidine rings is 1. The Balaban J connectivity index is 0.000000461. The number of carbonyl (C=O) groups excluding carboxylic acids is 5. The van der Waals surface area contributed by atoms with E-state index in [-0.39, 0.29) is 17.8 Å². The van der Waals surface area contributed by atoms with E-state index in [1.807, 2.05) is 31.2 Å². The topological polar surface area (TPSA) is 126 Å². The summed E-state index contributed by atoms with van der Waals surface area (Å²) >= 11 is 0. The Labute approximate surface area is 292 Å². The van der Waals surface area contributed by atoms with E-state index in [1.165, 1.54) is 18.4 Å². The number of anilines is 1. The summed E-state index contributed by atoms with van der Waals surface area (Å²) in [6, 6.07) is 12.9. The van der Waals surface area contributed by atoms with Gasteiger partial charge in [-0.05, 0) is 87.5 Å². The molecule has 270 valence electrons. The number of imide groups is 1. The fourth-order valence-corrected chi connectivity index (χ4v) is 5.21. The van der Waals surface area contributed by atoms with Crippen LogP contribution < -0.4 is 15.0 Å². The molecule has 0 aliphatic carbocycles. The standard InChI is InChI=1S/C28H38N2O4.C7H10N2O3.C3H8/c1-3-4-19-34-28(32)24-9-12-27(13-10-24)33-20-7-5-6-14-29-15-17-30(18-16-29)26-11-8-23(2)25(21-26)22-31;1-9(4-10)5-2-3-6(11)8-7(5)12;1-3-2/h8-13,21-22H,3-7,14-20H2,1-2H3;4-5H,2-3H2,1H3,(H,8,11,12);3H2,1-2H3. The van der Waals surface area contributed by atoms with Gasteiger partial charge in [0, 0.05) is 50.9 Å². The number of hydrogen-bond donors (Lipinski definition) is 1. The molecular weight excluding hydrogens is 624 g/mol. The third-order valence-electron chi connectivity index (χ3n) is 8.20. The molecule has 2 saturated heterocycles. The highest BCUT2D eigenvalue weighted by molar-refractivity contribution is 6.00. The number of ether oxygens (including phenoxy) is 2. The predicted molar refractivity (Wildman–Crippen MR) is 192 cm³/mol. The summed E-state index contributed by atoms with van der Waals surface area (Å²) in [4.78, 5) is 61.4. The smallest absolute Gasteiger partial charge is 0.338 e. The molecule has 0 bridgehead atoms. The number of aryl methyl sites for hydroxylation is 1. The van der Waals surface area contributed by atoms with Gasteiger partial charge in [-0.2, -0.15) is 0 Å². The van der Waals surface area contributed by atoms with Crippen LogP contribution in [0.1, 0.15) is 98.4 Å². The minimum absolute atomic E-state index is 0.268. The Kier molecular flexibility index (Phi) is 19.3. The Hall–Kier alpha value is -4.25. The van der Waals surface area contributed by atoms with Crippen molar-refractivity contribution < 1.29 is 33.4 Å². The highest BCUT2D eigenvalue weighted by Crippen LogP contribution is 2.20. The van der Waals surface area contributed by atoms with E-state index in [0.29, 0.717) is 38.0 Å². The largest absolute Gasteiger partial charge is 0.494 e. The van der Waals surface area contributed by atoms with Gasteiger partial charge >= 0.3 is 5.97 Å². The number of unbranched alkanes of at least 4 members (excludes halogenated alkanes) is 3. The first kappa shape index (κ1) is 40.9. The maximum absolute atomic E-state index is 11.9. The van der Waals surface area contributed by atoms with Gasteiger partial charge < -0.3 is 19.3 Å². The molecule has 2 fully saturated rings. The van der Waals surface area contributed by atoms with Crippen molar-refractivity contribution in [2.45, 2.75) is 85.1 Å². The average Bonchev–Trinajstić information content (AvgIpc) is 3.11. The molecule has 2 heterocycles. The fraction of sp³-hybridized carbons (Fsp3) is 0.553. The molecule has 2 aliphatic rings. The van der Waals surface area contributed by atoms with Crippen LogP contribution >= 0.6 is 0 Å². The number of rotatable bonds is 15. The molecule has 0 saturated carbocycles. The summed E-state index contributed by atoms with van der Waals surface area (Å²) in [6.45, 7) is 14.6. The average molecular weight is 681 g/mol. The fourth-order valence-electron chi connectivity index (χ4n) is 5.21. The third-order valence-corrected chi connectivity index (χ3v) is 8.20. The first-order valence-corrected chi connectivity index (χ1v) is 17.6. The number of nitrogens with one attached hydrogen (secondary N) is 1. The van der Waals surface area contributed by atoms with Gasteiger partial charge in [-0.15, -0.1) is 0 Å². The van der Waals surface area contributed by atoms with Gasteiger partial charge in [-0.25, -0.2) is 4.79 Å². The van der Waals surface area contributed by atoms with Gasteiger partial charge in [0.1, 0.15) is 18.1 Å². The number of benzene rings is 2. The van der Waals surface area contributed by atoms with E-state index in [2.05, 4.69) is 42.0 Å². The van der Waals surface area contributed by atoms with E-state index < -0.39 is 6.04 Å². The van der Waals surface area contributed by atoms with Gasteiger partial charge in [0.2, 0.25) is 18.2 Å². The normalized spacial score (nSPS) is 15.9. The molecule has 11 nitrogen and oxygen atoms in total. The minimum Gasteiger partial charge on any atom is -0.494 e. The lowest BCUT2D eigenvalue weighted by Gasteiger charge is -2.36. The summed E-state index contributed by atoms with van der Waals surface area (Å²) in [5.74, 6) is -0.142. The van der Waals surface area contributed by atoms with Crippen molar-refractivity contribution in [2.24, 2.45) is 0 Å². The molecule has 1 N–H and O–H groups in total. The molecule has 2 aliphatic heterocycles. The van der Waals surface area contributed by atoms with Crippen LogP contribution in [0, 0.1) is 6.92 Å². The van der Waals surface area contributed by atoms with Crippen molar-refractivity contribution in [3.05, 3.63) is 59.2 Å². The first-order valence-electron chi connectivity index (χ1n) is 17.6. The summed E-state index contributed by atoms with van der Waals surface area (Å²) < 4.78 is 11.1. The second-order valence-electron chi connectivity index (χ2n) is 12.4. The Morgan fingerprint density at radius 1 is 0.939 bits per heavy atom. The maximum Gasteiger partial charge on any atom is 0.338 e. The molecule has 0 spiro atoms. The van der Waals surface area contributed by atoms with Crippen molar-refractivity contribution in [2.75, 3.05) is 57.9 Å². The lowest BCUT2D eigenvalue weighted by molar-refractivity contribution is -0.140. The van der Waals surface area contributed by atoms with Gasteiger partial charge in [-0.3, -0.25) is 29.4 Å². The first-order chi connectivity index (χ1) is 23.7. The molecule has 49 heavy (non-hydrogen) atoms. The molecule has 0 aromatic heterocycles. The second kappa shape index (κ2) is 23.2. The molecule has 1 atom stereocenters. The number of likely N-dealkylation sites (N-methyl/N-ethyl adjacent to an activating group) is 1. The third kappa shape index (κ3) is 14.8. The van der Waals surface area contributed by atoms with E-state index in [1.54, 1.807) is 12.1 Å². The second-order valence-corrected chi connectivity index (χ2v) is 12.4. The maximum atomic E-state index is 11.9. The zero-order valence-electron chi connectivity index (χ0n) is 30.1. The van der Waals surface area contributed by atoms with E-state index >= 15 is 0 Å². The van der Waals surface area contributed by atoms with E-state index in [9.17, 15) is 24.0 Å². The van der Waals surface area contributed by atoms with Crippen molar-refractivity contribution in [3.63, 3.8) is 0 Å². The number of esters is 1. The van der Waals surface area contributed by atoms with Crippen LogP contribution in [0.15, 0.2) is 42.5 Å². The van der Waals surface area contributed by atoms with Gasteiger partial charge in [0.05, 0.1) is 18.8 Å². The van der Waals surface area contributed by atoms with Crippen molar-refractivity contribution in [1.82, 2.24) is 15.1 Å². The van der Waals surface area contributed by atoms with Crippen molar-refractivity contribution >= 4 is 36.2 Å². The highest BCUT2D eigenvalue weighted by atomic mass is 16.5. The summed E-state index contributed by atoms with van der Waals surface area (Å²) in [5, 5.41) is 2.17. The van der Waals surface area contributed by atoms with Crippen LogP contribution in [0.5, 0.6) is 5.75 Å². The molecular formula is C38H56N4O7. The Morgan fingerprint density at radius 2 is 1.63 bits per heavy atom. The number of aldehydes is 1.